The molecule has 194 valence electrons. The van der Waals surface area contributed by atoms with Gasteiger partial charge in [0, 0.05) is 10.9 Å². The summed E-state index contributed by atoms with van der Waals surface area (Å²) in [4.78, 5) is 2.61. The molecule has 4 aromatic carbocycles. The first kappa shape index (κ1) is 26.8. The Bertz CT molecular complexity index is 1290. The number of benzene rings is 4. The number of nitrogens with zero attached hydrogens (tertiary/aromatic N) is 1. The van der Waals surface area contributed by atoms with Crippen LogP contribution >= 0.6 is 12.4 Å². The molecule has 5 rings (SSSR count). The molecule has 0 unspecified atom stereocenters. The van der Waals surface area contributed by atoms with Crippen molar-refractivity contribution in [3.63, 3.8) is 0 Å². The molecule has 0 bridgehead atoms. The van der Waals surface area contributed by atoms with Gasteiger partial charge in [0.25, 0.3) is 0 Å². The summed E-state index contributed by atoms with van der Waals surface area (Å²) in [6.45, 7) is 3.58. The Balaban J connectivity index is 0.00000320. The maximum atomic E-state index is 6.66. The van der Waals surface area contributed by atoms with Crippen LogP contribution in [0.15, 0.2) is 78.9 Å². The van der Waals surface area contributed by atoms with E-state index in [9.17, 15) is 0 Å². The van der Waals surface area contributed by atoms with Crippen LogP contribution in [-0.2, 0) is 6.42 Å². The Hall–Kier alpha value is -3.21. The van der Waals surface area contributed by atoms with Crippen LogP contribution in [0.3, 0.4) is 0 Å². The number of hydrogen-bond donors (Lipinski definition) is 0. The highest BCUT2D eigenvalue weighted by Gasteiger charge is 2.19. The lowest BCUT2D eigenvalue weighted by Crippen LogP contribution is -2.30. The van der Waals surface area contributed by atoms with Crippen molar-refractivity contribution in [1.29, 1.82) is 0 Å². The second-order valence-electron chi connectivity index (χ2n) is 9.48. The number of halogens is 1. The summed E-state index contributed by atoms with van der Waals surface area (Å²) in [7, 11) is 3.42. The van der Waals surface area contributed by atoms with E-state index in [1.807, 2.05) is 48.5 Å². The summed E-state index contributed by atoms with van der Waals surface area (Å²) in [6, 6.07) is 26.9. The predicted octanol–water partition coefficient (Wildman–Crippen LogP) is 8.16. The van der Waals surface area contributed by atoms with Gasteiger partial charge >= 0.3 is 0 Å². The van der Waals surface area contributed by atoms with Crippen LogP contribution in [-0.4, -0.2) is 38.8 Å². The minimum atomic E-state index is 0. The molecular weight excluding hydrogens is 482 g/mol. The molecule has 0 aliphatic carbocycles. The van der Waals surface area contributed by atoms with E-state index in [0.717, 1.165) is 64.3 Å². The van der Waals surface area contributed by atoms with E-state index < -0.39 is 0 Å². The summed E-state index contributed by atoms with van der Waals surface area (Å²) < 4.78 is 17.7. The molecule has 5 heteroatoms. The number of hydrogen-bond acceptors (Lipinski definition) is 4. The van der Waals surface area contributed by atoms with Crippen molar-refractivity contribution < 1.29 is 14.2 Å². The van der Waals surface area contributed by atoms with E-state index in [-0.39, 0.29) is 12.4 Å². The zero-order valence-corrected chi connectivity index (χ0v) is 22.6. The smallest absolute Gasteiger partial charge is 0.143 e. The van der Waals surface area contributed by atoms with Crippen molar-refractivity contribution in [2.75, 3.05) is 33.9 Å². The van der Waals surface area contributed by atoms with Gasteiger partial charge in [-0.2, -0.15) is 0 Å². The van der Waals surface area contributed by atoms with Gasteiger partial charge in [0.05, 0.1) is 14.2 Å². The first-order valence-electron chi connectivity index (χ1n) is 13.0. The minimum absolute atomic E-state index is 0. The third-order valence-electron chi connectivity index (χ3n) is 7.09. The van der Waals surface area contributed by atoms with Gasteiger partial charge in [-0.05, 0) is 104 Å². The summed E-state index contributed by atoms with van der Waals surface area (Å²) in [5.41, 5.74) is 3.58. The van der Waals surface area contributed by atoms with Crippen LogP contribution in [0.25, 0.3) is 21.9 Å². The van der Waals surface area contributed by atoms with Crippen LogP contribution in [0.5, 0.6) is 23.0 Å². The fraction of sp³-hybridized carbons (Fsp3) is 0.312. The molecule has 0 aromatic heterocycles. The van der Waals surface area contributed by atoms with Gasteiger partial charge in [-0.1, -0.05) is 42.8 Å². The predicted molar refractivity (Wildman–Crippen MR) is 155 cm³/mol. The fourth-order valence-electron chi connectivity index (χ4n) is 5.19. The minimum Gasteiger partial charge on any atom is -0.497 e. The molecule has 0 saturated carbocycles. The number of likely N-dealkylation sites (tertiary alicyclic amines) is 1. The summed E-state index contributed by atoms with van der Waals surface area (Å²) in [6.07, 6.45) is 6.11. The van der Waals surface area contributed by atoms with Gasteiger partial charge in [-0.3, -0.25) is 0 Å². The van der Waals surface area contributed by atoms with Gasteiger partial charge in [-0.25, -0.2) is 0 Å². The van der Waals surface area contributed by atoms with Crippen molar-refractivity contribution >= 4 is 23.2 Å². The van der Waals surface area contributed by atoms with E-state index in [1.165, 1.54) is 37.9 Å². The van der Waals surface area contributed by atoms with Gasteiger partial charge in [0.15, 0.2) is 0 Å². The molecule has 1 fully saturated rings. The molecule has 0 atom stereocenters. The quantitative estimate of drug-likeness (QED) is 0.224. The van der Waals surface area contributed by atoms with Crippen LogP contribution in [0.1, 0.15) is 31.2 Å². The third-order valence-corrected chi connectivity index (χ3v) is 7.09. The summed E-state index contributed by atoms with van der Waals surface area (Å²) in [5, 5.41) is 2.20. The normalized spacial score (nSPS) is 13.7. The second kappa shape index (κ2) is 12.8. The number of methoxy groups -OCH3 is 2. The van der Waals surface area contributed by atoms with Crippen LogP contribution < -0.4 is 14.2 Å². The SMILES string of the molecule is COc1ccc(-c2c(CCCN3CCCCC3)cc3cc(OC)ccc3c2Oc2ccccc2)cc1.Cl. The molecule has 4 nitrogen and oxygen atoms in total. The van der Waals surface area contributed by atoms with Crippen molar-refractivity contribution in [1.82, 2.24) is 4.90 Å². The molecule has 1 aliphatic rings. The maximum Gasteiger partial charge on any atom is 0.143 e. The Morgan fingerprint density at radius 2 is 1.43 bits per heavy atom. The number of fused-ring (bicyclic) bond motifs is 1. The Kier molecular flexibility index (Phi) is 9.32. The number of rotatable bonds is 9. The third kappa shape index (κ3) is 6.38. The lowest BCUT2D eigenvalue weighted by atomic mass is 9.91. The average molecular weight is 518 g/mol. The van der Waals surface area contributed by atoms with E-state index in [0.29, 0.717) is 0 Å². The van der Waals surface area contributed by atoms with Crippen molar-refractivity contribution in [3.05, 3.63) is 84.4 Å². The maximum absolute atomic E-state index is 6.66. The highest BCUT2D eigenvalue weighted by atomic mass is 35.5. The van der Waals surface area contributed by atoms with Crippen LogP contribution in [0, 0.1) is 0 Å². The lowest BCUT2D eigenvalue weighted by molar-refractivity contribution is 0.226. The molecule has 1 heterocycles. The standard InChI is InChI=1S/C32H35NO3.ClH/c1-34-27-15-13-24(14-16-27)31-25(10-9-21-33-19-7-4-8-20-33)22-26-23-29(35-2)17-18-30(26)32(31)36-28-11-5-3-6-12-28;/h3,5-6,11-18,22-23H,4,7-10,19-21H2,1-2H3;1H. The number of piperidine rings is 1. The zero-order chi connectivity index (χ0) is 24.7. The van der Waals surface area contributed by atoms with Crippen molar-refractivity contribution in [2.24, 2.45) is 0 Å². The number of para-hydroxylation sites is 1. The Morgan fingerprint density at radius 1 is 0.730 bits per heavy atom. The topological polar surface area (TPSA) is 30.9 Å². The van der Waals surface area contributed by atoms with Crippen LogP contribution in [0.4, 0.5) is 0 Å². The lowest BCUT2D eigenvalue weighted by Gasteiger charge is -2.26. The Labute approximate surface area is 226 Å². The van der Waals surface area contributed by atoms with E-state index in [2.05, 4.69) is 35.2 Å². The first-order valence-corrected chi connectivity index (χ1v) is 13.0. The average Bonchev–Trinajstić information content (AvgIpc) is 2.94. The highest BCUT2D eigenvalue weighted by molar-refractivity contribution is 5.98. The molecule has 1 saturated heterocycles. The highest BCUT2D eigenvalue weighted by Crippen LogP contribution is 2.44. The van der Waals surface area contributed by atoms with E-state index in [4.69, 9.17) is 14.2 Å². The molecule has 0 spiro atoms. The number of aryl methyl sites for hydroxylation is 1. The molecular formula is C32H36ClNO3. The summed E-state index contributed by atoms with van der Waals surface area (Å²) in [5.74, 6) is 3.42. The van der Waals surface area contributed by atoms with Crippen LogP contribution in [0.2, 0.25) is 0 Å². The van der Waals surface area contributed by atoms with Crippen molar-refractivity contribution in [2.45, 2.75) is 32.1 Å². The summed E-state index contributed by atoms with van der Waals surface area (Å²) >= 11 is 0. The molecule has 0 radical (unpaired) electrons. The monoisotopic (exact) mass is 517 g/mol. The second-order valence-corrected chi connectivity index (χ2v) is 9.48. The van der Waals surface area contributed by atoms with E-state index in [1.54, 1.807) is 14.2 Å². The largest absolute Gasteiger partial charge is 0.497 e. The zero-order valence-electron chi connectivity index (χ0n) is 21.7. The van der Waals surface area contributed by atoms with Gasteiger partial charge in [-0.15, -0.1) is 12.4 Å². The Morgan fingerprint density at radius 3 is 2.14 bits per heavy atom. The molecule has 37 heavy (non-hydrogen) atoms. The van der Waals surface area contributed by atoms with Gasteiger partial charge in [0.2, 0.25) is 0 Å². The first-order chi connectivity index (χ1) is 17.7. The molecule has 1 aliphatic heterocycles. The fourth-order valence-corrected chi connectivity index (χ4v) is 5.19. The van der Waals surface area contributed by atoms with Crippen molar-refractivity contribution in [3.8, 4) is 34.1 Å². The van der Waals surface area contributed by atoms with Gasteiger partial charge < -0.3 is 19.1 Å². The van der Waals surface area contributed by atoms with E-state index >= 15 is 0 Å². The molecule has 4 aromatic rings. The van der Waals surface area contributed by atoms with Gasteiger partial charge in [0.1, 0.15) is 23.0 Å². The molecule has 0 N–H and O–H groups in total. The number of ether oxygens (including phenoxy) is 3. The molecule has 0 amide bonds.